The standard InChI is InChI=1S/C12H15Cl2NO/c1-7-2-5-11(16-7)12(15)9-4-3-8(13)6-10(9)14/h3-4,6-7,11-12H,2,5,15H2,1H3. The summed E-state index contributed by atoms with van der Waals surface area (Å²) in [5, 5.41) is 1.24. The van der Waals surface area contributed by atoms with E-state index in [4.69, 9.17) is 33.7 Å². The molecule has 4 heteroatoms. The SMILES string of the molecule is CC1CCC(C(N)c2ccc(Cl)cc2Cl)O1. The van der Waals surface area contributed by atoms with Crippen molar-refractivity contribution < 1.29 is 4.74 Å². The van der Waals surface area contributed by atoms with Gasteiger partial charge in [0.15, 0.2) is 0 Å². The van der Waals surface area contributed by atoms with Crippen LogP contribution in [0.1, 0.15) is 31.4 Å². The maximum Gasteiger partial charge on any atom is 0.0772 e. The van der Waals surface area contributed by atoms with Crippen LogP contribution < -0.4 is 5.73 Å². The molecule has 2 nitrogen and oxygen atoms in total. The van der Waals surface area contributed by atoms with Crippen LogP contribution in [-0.4, -0.2) is 12.2 Å². The van der Waals surface area contributed by atoms with Crippen molar-refractivity contribution in [3.63, 3.8) is 0 Å². The smallest absolute Gasteiger partial charge is 0.0772 e. The Bertz CT molecular complexity index is 383. The molecular formula is C12H15Cl2NO. The molecule has 3 atom stereocenters. The molecule has 0 radical (unpaired) electrons. The van der Waals surface area contributed by atoms with Crippen molar-refractivity contribution in [3.8, 4) is 0 Å². The zero-order chi connectivity index (χ0) is 11.7. The lowest BCUT2D eigenvalue weighted by atomic mass is 10.00. The Balaban J connectivity index is 2.17. The Morgan fingerprint density at radius 1 is 1.38 bits per heavy atom. The van der Waals surface area contributed by atoms with Gasteiger partial charge in [-0.3, -0.25) is 0 Å². The molecule has 0 bridgehead atoms. The zero-order valence-corrected chi connectivity index (χ0v) is 10.6. The van der Waals surface area contributed by atoms with Gasteiger partial charge >= 0.3 is 0 Å². The molecule has 88 valence electrons. The number of benzene rings is 1. The number of hydrogen-bond acceptors (Lipinski definition) is 2. The van der Waals surface area contributed by atoms with Crippen LogP contribution in [-0.2, 0) is 4.74 Å². The van der Waals surface area contributed by atoms with Crippen LogP contribution in [0, 0.1) is 0 Å². The van der Waals surface area contributed by atoms with Crippen LogP contribution in [0.25, 0.3) is 0 Å². The number of halogens is 2. The minimum Gasteiger partial charge on any atom is -0.373 e. The molecule has 0 aliphatic carbocycles. The summed E-state index contributed by atoms with van der Waals surface area (Å²) in [7, 11) is 0. The summed E-state index contributed by atoms with van der Waals surface area (Å²) in [6.45, 7) is 2.07. The van der Waals surface area contributed by atoms with Crippen LogP contribution in [0.5, 0.6) is 0 Å². The minimum absolute atomic E-state index is 0.0636. The first-order valence-electron chi connectivity index (χ1n) is 5.44. The highest BCUT2D eigenvalue weighted by Gasteiger charge is 2.29. The maximum atomic E-state index is 6.16. The lowest BCUT2D eigenvalue weighted by Gasteiger charge is -2.20. The highest BCUT2D eigenvalue weighted by atomic mass is 35.5. The molecule has 0 spiro atoms. The van der Waals surface area contributed by atoms with Gasteiger partial charge in [0.1, 0.15) is 0 Å². The quantitative estimate of drug-likeness (QED) is 0.882. The molecule has 0 aromatic heterocycles. The lowest BCUT2D eigenvalue weighted by molar-refractivity contribution is 0.0401. The molecule has 16 heavy (non-hydrogen) atoms. The first-order valence-corrected chi connectivity index (χ1v) is 6.19. The summed E-state index contributed by atoms with van der Waals surface area (Å²) < 4.78 is 5.75. The monoisotopic (exact) mass is 259 g/mol. The minimum atomic E-state index is -0.172. The van der Waals surface area contributed by atoms with E-state index in [9.17, 15) is 0 Å². The highest BCUT2D eigenvalue weighted by molar-refractivity contribution is 6.35. The Hall–Kier alpha value is -0.280. The largest absolute Gasteiger partial charge is 0.373 e. The molecule has 1 saturated heterocycles. The molecule has 2 N–H and O–H groups in total. The maximum absolute atomic E-state index is 6.16. The molecular weight excluding hydrogens is 245 g/mol. The van der Waals surface area contributed by atoms with Gasteiger partial charge in [-0.15, -0.1) is 0 Å². The molecule has 1 aliphatic rings. The fourth-order valence-electron chi connectivity index (χ4n) is 2.07. The average Bonchev–Trinajstić information content (AvgIpc) is 2.64. The molecule has 1 heterocycles. The number of ether oxygens (including phenoxy) is 1. The van der Waals surface area contributed by atoms with E-state index >= 15 is 0 Å². The van der Waals surface area contributed by atoms with E-state index in [1.807, 2.05) is 6.07 Å². The second-order valence-electron chi connectivity index (χ2n) is 4.25. The third-order valence-electron chi connectivity index (χ3n) is 2.99. The molecule has 1 fully saturated rings. The first-order chi connectivity index (χ1) is 7.58. The van der Waals surface area contributed by atoms with Crippen molar-refractivity contribution in [1.82, 2.24) is 0 Å². The van der Waals surface area contributed by atoms with Crippen molar-refractivity contribution >= 4 is 23.2 Å². The predicted octanol–water partition coefficient (Wildman–Crippen LogP) is 3.56. The van der Waals surface area contributed by atoms with Crippen LogP contribution in [0.2, 0.25) is 10.0 Å². The topological polar surface area (TPSA) is 35.2 Å². The second-order valence-corrected chi connectivity index (χ2v) is 5.10. The Labute approximate surface area is 106 Å². The molecule has 2 rings (SSSR count). The summed E-state index contributed by atoms with van der Waals surface area (Å²) in [6, 6.07) is 5.23. The molecule has 1 aromatic carbocycles. The van der Waals surface area contributed by atoms with Gasteiger partial charge in [-0.2, -0.15) is 0 Å². The third-order valence-corrected chi connectivity index (χ3v) is 3.55. The Morgan fingerprint density at radius 2 is 2.12 bits per heavy atom. The Kier molecular flexibility index (Phi) is 3.75. The Morgan fingerprint density at radius 3 is 2.69 bits per heavy atom. The van der Waals surface area contributed by atoms with Gasteiger partial charge < -0.3 is 10.5 Å². The van der Waals surface area contributed by atoms with Crippen LogP contribution in [0.3, 0.4) is 0 Å². The van der Waals surface area contributed by atoms with Crippen molar-refractivity contribution in [2.45, 2.75) is 38.0 Å². The number of hydrogen-bond donors (Lipinski definition) is 1. The second kappa shape index (κ2) is 4.92. The van der Waals surface area contributed by atoms with Crippen LogP contribution >= 0.6 is 23.2 Å². The molecule has 0 amide bonds. The van der Waals surface area contributed by atoms with E-state index in [0.29, 0.717) is 16.1 Å². The van der Waals surface area contributed by atoms with Gasteiger partial charge in [-0.1, -0.05) is 29.3 Å². The summed E-state index contributed by atoms with van der Waals surface area (Å²) in [5.74, 6) is 0. The van der Waals surface area contributed by atoms with E-state index in [0.717, 1.165) is 18.4 Å². The first kappa shape index (κ1) is 12.2. The summed E-state index contributed by atoms with van der Waals surface area (Å²) in [4.78, 5) is 0. The lowest BCUT2D eigenvalue weighted by Crippen LogP contribution is -2.26. The summed E-state index contributed by atoms with van der Waals surface area (Å²) in [5.41, 5.74) is 7.07. The summed E-state index contributed by atoms with van der Waals surface area (Å²) in [6.07, 6.45) is 2.40. The zero-order valence-electron chi connectivity index (χ0n) is 9.12. The fourth-order valence-corrected chi connectivity index (χ4v) is 2.60. The van der Waals surface area contributed by atoms with Gasteiger partial charge in [-0.05, 0) is 37.5 Å². The van der Waals surface area contributed by atoms with E-state index in [-0.39, 0.29) is 12.1 Å². The van der Waals surface area contributed by atoms with Gasteiger partial charge in [0.05, 0.1) is 18.2 Å². The van der Waals surface area contributed by atoms with Crippen molar-refractivity contribution in [2.24, 2.45) is 5.73 Å². The molecule has 1 aromatic rings. The van der Waals surface area contributed by atoms with Crippen LogP contribution in [0.4, 0.5) is 0 Å². The molecule has 0 saturated carbocycles. The molecule has 1 aliphatic heterocycles. The van der Waals surface area contributed by atoms with E-state index in [1.165, 1.54) is 0 Å². The molecule has 3 unspecified atom stereocenters. The van der Waals surface area contributed by atoms with Crippen molar-refractivity contribution in [3.05, 3.63) is 33.8 Å². The van der Waals surface area contributed by atoms with Gasteiger partial charge in [0.2, 0.25) is 0 Å². The number of rotatable bonds is 2. The van der Waals surface area contributed by atoms with Gasteiger partial charge in [-0.25, -0.2) is 0 Å². The van der Waals surface area contributed by atoms with Gasteiger partial charge in [0, 0.05) is 10.0 Å². The van der Waals surface area contributed by atoms with Crippen LogP contribution in [0.15, 0.2) is 18.2 Å². The normalized spacial score (nSPS) is 27.0. The highest BCUT2D eigenvalue weighted by Crippen LogP contribution is 2.32. The predicted molar refractivity (Wildman–Crippen MR) is 67.0 cm³/mol. The van der Waals surface area contributed by atoms with Gasteiger partial charge in [0.25, 0.3) is 0 Å². The number of nitrogens with two attached hydrogens (primary N) is 1. The average molecular weight is 260 g/mol. The van der Waals surface area contributed by atoms with Crippen molar-refractivity contribution in [1.29, 1.82) is 0 Å². The summed E-state index contributed by atoms with van der Waals surface area (Å²) >= 11 is 12.0. The third kappa shape index (κ3) is 2.51. The van der Waals surface area contributed by atoms with E-state index in [1.54, 1.807) is 12.1 Å². The van der Waals surface area contributed by atoms with E-state index < -0.39 is 0 Å². The fraction of sp³-hybridized carbons (Fsp3) is 0.500. The van der Waals surface area contributed by atoms with E-state index in [2.05, 4.69) is 6.92 Å². The van der Waals surface area contributed by atoms with Crippen molar-refractivity contribution in [2.75, 3.05) is 0 Å².